The maximum Gasteiger partial charge on any atom is 0.273 e. The van der Waals surface area contributed by atoms with Crippen molar-refractivity contribution in [2.75, 3.05) is 0 Å². The molecule has 0 bridgehead atoms. The molecule has 6 nitrogen and oxygen atoms in total. The van der Waals surface area contributed by atoms with Crippen molar-refractivity contribution in [3.63, 3.8) is 0 Å². The normalized spacial score (nSPS) is 12.1. The Bertz CT molecular complexity index is 751. The SMILES string of the molecule is CC(C)n1c(Cc2c(F)cccc2F)nnc1S(N)(=O)=O. The van der Waals surface area contributed by atoms with Crippen LogP contribution in [0.25, 0.3) is 0 Å². The van der Waals surface area contributed by atoms with Crippen LogP contribution in [0.15, 0.2) is 23.4 Å². The molecule has 0 amide bonds. The van der Waals surface area contributed by atoms with Crippen LogP contribution in [-0.2, 0) is 16.4 Å². The number of hydrogen-bond acceptors (Lipinski definition) is 4. The predicted octanol–water partition coefficient (Wildman–Crippen LogP) is 1.38. The van der Waals surface area contributed by atoms with Crippen LogP contribution in [0.1, 0.15) is 31.3 Å². The molecule has 21 heavy (non-hydrogen) atoms. The average molecular weight is 316 g/mol. The van der Waals surface area contributed by atoms with Gasteiger partial charge in [-0.1, -0.05) is 6.07 Å². The summed E-state index contributed by atoms with van der Waals surface area (Å²) in [4.78, 5) is 0. The first-order valence-electron chi connectivity index (χ1n) is 6.11. The van der Waals surface area contributed by atoms with Gasteiger partial charge in [-0.25, -0.2) is 22.3 Å². The van der Waals surface area contributed by atoms with E-state index in [1.807, 2.05) is 0 Å². The van der Waals surface area contributed by atoms with Crippen molar-refractivity contribution in [1.82, 2.24) is 14.8 Å². The number of aromatic nitrogens is 3. The number of benzene rings is 1. The number of halogens is 2. The second-order valence-corrected chi connectivity index (χ2v) is 6.24. The van der Waals surface area contributed by atoms with E-state index in [0.717, 1.165) is 12.1 Å². The maximum atomic E-state index is 13.7. The van der Waals surface area contributed by atoms with E-state index < -0.39 is 26.8 Å². The molecule has 2 rings (SSSR count). The molecule has 1 aromatic heterocycles. The van der Waals surface area contributed by atoms with E-state index in [-0.39, 0.29) is 23.9 Å². The van der Waals surface area contributed by atoms with E-state index in [0.29, 0.717) is 0 Å². The number of nitrogens with zero attached hydrogens (tertiary/aromatic N) is 3. The first-order chi connectivity index (χ1) is 9.71. The molecule has 0 saturated heterocycles. The molecule has 1 aromatic carbocycles. The van der Waals surface area contributed by atoms with E-state index in [1.165, 1.54) is 10.6 Å². The maximum absolute atomic E-state index is 13.7. The van der Waals surface area contributed by atoms with Crippen LogP contribution in [0.5, 0.6) is 0 Å². The van der Waals surface area contributed by atoms with Gasteiger partial charge in [0.1, 0.15) is 17.5 Å². The van der Waals surface area contributed by atoms with Crippen LogP contribution >= 0.6 is 0 Å². The van der Waals surface area contributed by atoms with Crippen LogP contribution in [0, 0.1) is 11.6 Å². The highest BCUT2D eigenvalue weighted by Gasteiger charge is 2.24. The first kappa shape index (κ1) is 15.5. The van der Waals surface area contributed by atoms with Crippen LogP contribution in [-0.4, -0.2) is 23.2 Å². The van der Waals surface area contributed by atoms with Gasteiger partial charge in [0.05, 0.1) is 0 Å². The van der Waals surface area contributed by atoms with Crippen LogP contribution in [0.4, 0.5) is 8.78 Å². The summed E-state index contributed by atoms with van der Waals surface area (Å²) < 4.78 is 51.5. The molecule has 0 fully saturated rings. The molecule has 0 unspecified atom stereocenters. The van der Waals surface area contributed by atoms with Crippen molar-refractivity contribution >= 4 is 10.0 Å². The molecule has 0 aliphatic heterocycles. The topological polar surface area (TPSA) is 90.9 Å². The van der Waals surface area contributed by atoms with Gasteiger partial charge < -0.3 is 0 Å². The summed E-state index contributed by atoms with van der Waals surface area (Å²) >= 11 is 0. The zero-order valence-corrected chi connectivity index (χ0v) is 12.2. The van der Waals surface area contributed by atoms with Crippen molar-refractivity contribution in [2.45, 2.75) is 31.5 Å². The fourth-order valence-corrected chi connectivity index (χ4v) is 2.75. The van der Waals surface area contributed by atoms with Crippen molar-refractivity contribution in [3.05, 3.63) is 41.2 Å². The molecule has 0 aliphatic carbocycles. The van der Waals surface area contributed by atoms with Crippen molar-refractivity contribution < 1.29 is 17.2 Å². The van der Waals surface area contributed by atoms with Crippen LogP contribution in [0.3, 0.4) is 0 Å². The van der Waals surface area contributed by atoms with Crippen LogP contribution < -0.4 is 5.14 Å². The van der Waals surface area contributed by atoms with Gasteiger partial charge in [-0.05, 0) is 26.0 Å². The van der Waals surface area contributed by atoms with Gasteiger partial charge in [-0.15, -0.1) is 10.2 Å². The van der Waals surface area contributed by atoms with E-state index in [9.17, 15) is 17.2 Å². The van der Waals surface area contributed by atoms with Gasteiger partial charge in [-0.3, -0.25) is 4.57 Å². The van der Waals surface area contributed by atoms with Gasteiger partial charge in [0.15, 0.2) is 0 Å². The summed E-state index contributed by atoms with van der Waals surface area (Å²) in [5.41, 5.74) is -0.201. The second-order valence-electron chi connectivity index (χ2n) is 4.78. The summed E-state index contributed by atoms with van der Waals surface area (Å²) in [7, 11) is -4.07. The van der Waals surface area contributed by atoms with E-state index in [4.69, 9.17) is 5.14 Å². The smallest absolute Gasteiger partial charge is 0.273 e. The van der Waals surface area contributed by atoms with E-state index >= 15 is 0 Å². The minimum Gasteiger partial charge on any atom is -0.298 e. The zero-order valence-electron chi connectivity index (χ0n) is 11.4. The van der Waals surface area contributed by atoms with Crippen molar-refractivity contribution in [1.29, 1.82) is 0 Å². The number of rotatable bonds is 4. The molecule has 0 radical (unpaired) electrons. The third kappa shape index (κ3) is 3.08. The Morgan fingerprint density at radius 1 is 1.24 bits per heavy atom. The predicted molar refractivity (Wildman–Crippen MR) is 70.9 cm³/mol. The van der Waals surface area contributed by atoms with Gasteiger partial charge in [0, 0.05) is 18.0 Å². The molecule has 9 heteroatoms. The summed E-state index contributed by atoms with van der Waals surface area (Å²) in [6.07, 6.45) is -0.223. The molecule has 114 valence electrons. The highest BCUT2D eigenvalue weighted by atomic mass is 32.2. The molecule has 0 atom stereocenters. The van der Waals surface area contributed by atoms with Gasteiger partial charge >= 0.3 is 0 Å². The zero-order chi connectivity index (χ0) is 15.8. The van der Waals surface area contributed by atoms with Gasteiger partial charge in [0.2, 0.25) is 0 Å². The van der Waals surface area contributed by atoms with Gasteiger partial charge in [0.25, 0.3) is 15.2 Å². The Labute approximate surface area is 120 Å². The number of sulfonamides is 1. The third-order valence-corrected chi connectivity index (χ3v) is 3.69. The minimum absolute atomic E-state index is 0.123. The Balaban J connectivity index is 2.54. The third-order valence-electron chi connectivity index (χ3n) is 2.90. The highest BCUT2D eigenvalue weighted by molar-refractivity contribution is 7.89. The van der Waals surface area contributed by atoms with Crippen molar-refractivity contribution in [3.8, 4) is 0 Å². The Morgan fingerprint density at radius 2 is 1.81 bits per heavy atom. The fourth-order valence-electron chi connectivity index (χ4n) is 2.00. The molecule has 2 aromatic rings. The summed E-state index contributed by atoms with van der Waals surface area (Å²) in [6, 6.07) is 3.15. The van der Waals surface area contributed by atoms with Gasteiger partial charge in [-0.2, -0.15) is 0 Å². The Kier molecular flexibility index (Phi) is 4.06. The monoisotopic (exact) mass is 316 g/mol. The number of hydrogen-bond donors (Lipinski definition) is 1. The molecule has 0 saturated carbocycles. The summed E-state index contributed by atoms with van der Waals surface area (Å²) in [5, 5.41) is 11.9. The number of nitrogens with two attached hydrogens (primary N) is 1. The second kappa shape index (κ2) is 5.49. The molecular formula is C12H14F2N4O2S. The number of primary sulfonamides is 1. The lowest BCUT2D eigenvalue weighted by Gasteiger charge is -2.13. The standard InChI is InChI=1S/C12H14F2N4O2S/c1-7(2)18-11(16-17-12(18)21(15,19)20)6-8-9(13)4-3-5-10(8)14/h3-5,7H,6H2,1-2H3,(H2,15,19,20). The molecule has 2 N–H and O–H groups in total. The fraction of sp³-hybridized carbons (Fsp3) is 0.333. The lowest BCUT2D eigenvalue weighted by Crippen LogP contribution is -2.21. The highest BCUT2D eigenvalue weighted by Crippen LogP contribution is 2.20. The Morgan fingerprint density at radius 3 is 2.29 bits per heavy atom. The van der Waals surface area contributed by atoms with Crippen LogP contribution in [0.2, 0.25) is 0 Å². The quantitative estimate of drug-likeness (QED) is 0.922. The lowest BCUT2D eigenvalue weighted by molar-refractivity contribution is 0.501. The molecule has 0 aliphatic rings. The summed E-state index contributed by atoms with van der Waals surface area (Å²) in [5.74, 6) is -1.34. The molecule has 1 heterocycles. The minimum atomic E-state index is -4.07. The first-order valence-corrected chi connectivity index (χ1v) is 7.66. The largest absolute Gasteiger partial charge is 0.298 e. The van der Waals surface area contributed by atoms with Crippen molar-refractivity contribution in [2.24, 2.45) is 5.14 Å². The van der Waals surface area contributed by atoms with E-state index in [1.54, 1.807) is 13.8 Å². The Hall–Kier alpha value is -1.87. The summed E-state index contributed by atoms with van der Waals surface area (Å²) in [6.45, 7) is 3.39. The molecule has 0 spiro atoms. The lowest BCUT2D eigenvalue weighted by atomic mass is 10.1. The average Bonchev–Trinajstić information content (AvgIpc) is 2.77. The molecular weight excluding hydrogens is 302 g/mol. The van der Waals surface area contributed by atoms with E-state index in [2.05, 4.69) is 10.2 Å².